The number of benzene rings is 9. The van der Waals surface area contributed by atoms with Crippen molar-refractivity contribution in [3.63, 3.8) is 0 Å². The average Bonchev–Trinajstić information content (AvgIpc) is 4.08. The van der Waals surface area contributed by atoms with Gasteiger partial charge in [0.2, 0.25) is 0 Å². The Bertz CT molecular complexity index is 3090. The molecule has 3 atom stereocenters. The molecule has 0 aliphatic heterocycles. The van der Waals surface area contributed by atoms with Crippen LogP contribution in [0.15, 0.2) is 231 Å². The molecule has 306 valence electrons. The van der Waals surface area contributed by atoms with Crippen LogP contribution in [0.25, 0.3) is 11.1 Å². The molecule has 1 spiro atoms. The third-order valence-corrected chi connectivity index (χ3v) is 15.4. The second-order valence-corrected chi connectivity index (χ2v) is 18.3. The molecule has 9 aromatic carbocycles. The molecule has 0 amide bonds. The Balaban J connectivity index is 1.07. The molecular weight excluding hydrogens is 773 g/mol. The van der Waals surface area contributed by atoms with Crippen LogP contribution in [-0.2, 0) is 23.7 Å². The molecule has 0 saturated heterocycles. The summed E-state index contributed by atoms with van der Waals surface area (Å²) < 4.78 is 0. The Labute approximate surface area is 376 Å². The lowest BCUT2D eigenvalue weighted by molar-refractivity contribution is 0.350. The summed E-state index contributed by atoms with van der Waals surface area (Å²) in [6, 6.07) is 86.4. The van der Waals surface area contributed by atoms with Gasteiger partial charge in [-0.1, -0.05) is 170 Å². The molecule has 4 aliphatic carbocycles. The van der Waals surface area contributed by atoms with Gasteiger partial charge in [-0.2, -0.15) is 0 Å². The van der Waals surface area contributed by atoms with Crippen molar-refractivity contribution in [2.24, 2.45) is 11.8 Å². The van der Waals surface area contributed by atoms with Crippen molar-refractivity contribution in [2.75, 3.05) is 9.80 Å². The minimum absolute atomic E-state index is 0.141. The second-order valence-electron chi connectivity index (χ2n) is 18.3. The lowest BCUT2D eigenvalue weighted by Gasteiger charge is -2.40. The second kappa shape index (κ2) is 14.6. The van der Waals surface area contributed by atoms with Crippen LogP contribution in [0.5, 0.6) is 0 Å². The number of fused-ring (bicyclic) bond motifs is 5. The van der Waals surface area contributed by atoms with E-state index in [1.165, 1.54) is 103 Å². The predicted molar refractivity (Wildman–Crippen MR) is 264 cm³/mol. The van der Waals surface area contributed by atoms with E-state index in [1.54, 1.807) is 0 Å². The minimum Gasteiger partial charge on any atom is -0.310 e. The van der Waals surface area contributed by atoms with Gasteiger partial charge in [0, 0.05) is 28.2 Å². The first-order valence-electron chi connectivity index (χ1n) is 23.1. The molecule has 1 saturated carbocycles. The van der Waals surface area contributed by atoms with Gasteiger partial charge in [0.15, 0.2) is 0 Å². The summed E-state index contributed by atoms with van der Waals surface area (Å²) in [6.45, 7) is 0. The Hall–Kier alpha value is -7.42. The number of nitrogens with zero attached hydrogens (tertiary/aromatic N) is 2. The molecule has 3 unspecified atom stereocenters. The fourth-order valence-corrected chi connectivity index (χ4v) is 13.2. The van der Waals surface area contributed by atoms with Gasteiger partial charge < -0.3 is 9.80 Å². The molecule has 0 radical (unpaired) electrons. The highest BCUT2D eigenvalue weighted by Gasteiger charge is 2.62. The summed E-state index contributed by atoms with van der Waals surface area (Å²) in [7, 11) is 0. The molecular formula is C62H48N2. The van der Waals surface area contributed by atoms with Crippen LogP contribution in [0.3, 0.4) is 0 Å². The molecule has 2 nitrogen and oxygen atoms in total. The SMILES string of the molecule is c1ccc(N(c2ccccc2)c2cccc3c2C24c5c(cccc5N(c5ccccc5)c5ccc6c(c5)C(c5ccccc5)(c5ccccc5)c5ccccc5-6)CC2CCC4C3)cc1. The molecule has 1 fully saturated rings. The van der Waals surface area contributed by atoms with E-state index in [1.807, 2.05) is 0 Å². The van der Waals surface area contributed by atoms with E-state index in [-0.39, 0.29) is 5.41 Å². The zero-order valence-electron chi connectivity index (χ0n) is 35.8. The van der Waals surface area contributed by atoms with E-state index in [9.17, 15) is 0 Å². The van der Waals surface area contributed by atoms with Crippen LogP contribution in [0, 0.1) is 11.8 Å². The number of anilines is 6. The lowest BCUT2D eigenvalue weighted by Crippen LogP contribution is -2.34. The Morgan fingerprint density at radius 2 is 0.766 bits per heavy atom. The smallest absolute Gasteiger partial charge is 0.0714 e. The summed E-state index contributed by atoms with van der Waals surface area (Å²) in [4.78, 5) is 5.15. The van der Waals surface area contributed by atoms with Gasteiger partial charge in [0.05, 0.1) is 16.8 Å². The van der Waals surface area contributed by atoms with E-state index in [0.29, 0.717) is 11.8 Å². The van der Waals surface area contributed by atoms with E-state index < -0.39 is 5.41 Å². The van der Waals surface area contributed by atoms with Crippen molar-refractivity contribution in [3.05, 3.63) is 275 Å². The van der Waals surface area contributed by atoms with Gasteiger partial charge in [-0.25, -0.2) is 0 Å². The first kappa shape index (κ1) is 37.2. The average molecular weight is 821 g/mol. The number of para-hydroxylation sites is 3. The summed E-state index contributed by atoms with van der Waals surface area (Å²) in [5.41, 5.74) is 20.6. The predicted octanol–water partition coefficient (Wildman–Crippen LogP) is 15.4. The number of hydrogen-bond donors (Lipinski definition) is 0. The zero-order valence-corrected chi connectivity index (χ0v) is 35.8. The van der Waals surface area contributed by atoms with Gasteiger partial charge in [0.1, 0.15) is 0 Å². The quantitative estimate of drug-likeness (QED) is 0.151. The maximum atomic E-state index is 2.61. The van der Waals surface area contributed by atoms with Crippen LogP contribution < -0.4 is 9.80 Å². The summed E-state index contributed by atoms with van der Waals surface area (Å²) in [6.07, 6.45) is 4.67. The van der Waals surface area contributed by atoms with Crippen LogP contribution in [0.4, 0.5) is 34.1 Å². The van der Waals surface area contributed by atoms with Gasteiger partial charge in [-0.15, -0.1) is 0 Å². The monoisotopic (exact) mass is 820 g/mol. The molecule has 0 N–H and O–H groups in total. The van der Waals surface area contributed by atoms with Crippen molar-refractivity contribution < 1.29 is 0 Å². The molecule has 0 bridgehead atoms. The molecule has 9 aromatic rings. The minimum atomic E-state index is -0.497. The van der Waals surface area contributed by atoms with Crippen molar-refractivity contribution in [3.8, 4) is 11.1 Å². The highest BCUT2D eigenvalue weighted by atomic mass is 15.2. The van der Waals surface area contributed by atoms with Crippen LogP contribution >= 0.6 is 0 Å². The largest absolute Gasteiger partial charge is 0.310 e. The molecule has 0 heterocycles. The standard InChI is InChI=1S/C62H48N2/c1-6-22-45(23-7-1)61(46-24-8-2-9-25-46)55-33-17-16-32-53(55)54-39-38-52(42-56(54)61)64(51-30-14-5-15-31-51)58-35-19-21-44-41-48-37-36-47-40-43-20-18-34-57(59(43)62(47,48)60(44)58)63(49-26-10-3-11-27-49)50-28-12-4-13-29-50/h1-35,38-39,42,47-48H,36-37,40-41H2. The highest BCUT2D eigenvalue weighted by Crippen LogP contribution is 2.69. The maximum absolute atomic E-state index is 2.61. The van der Waals surface area contributed by atoms with Crippen LogP contribution in [0.2, 0.25) is 0 Å². The fourth-order valence-electron chi connectivity index (χ4n) is 13.2. The normalized spacial score (nSPS) is 19.2. The molecule has 64 heavy (non-hydrogen) atoms. The molecule has 4 aliphatic rings. The summed E-state index contributed by atoms with van der Waals surface area (Å²) in [5.74, 6) is 1.03. The van der Waals surface area contributed by atoms with Gasteiger partial charge in [-0.3, -0.25) is 0 Å². The van der Waals surface area contributed by atoms with Gasteiger partial charge in [0.25, 0.3) is 0 Å². The first-order chi connectivity index (χ1) is 31.8. The van der Waals surface area contributed by atoms with Gasteiger partial charge >= 0.3 is 0 Å². The Morgan fingerprint density at radius 3 is 1.27 bits per heavy atom. The third kappa shape index (κ3) is 5.20. The lowest BCUT2D eigenvalue weighted by atomic mass is 9.67. The highest BCUT2D eigenvalue weighted by molar-refractivity contribution is 5.91. The fraction of sp³-hybridized carbons (Fsp3) is 0.129. The third-order valence-electron chi connectivity index (χ3n) is 15.4. The molecule has 2 heteroatoms. The summed E-state index contributed by atoms with van der Waals surface area (Å²) >= 11 is 0. The molecule has 13 rings (SSSR count). The Morgan fingerprint density at radius 1 is 0.344 bits per heavy atom. The number of hydrogen-bond acceptors (Lipinski definition) is 2. The van der Waals surface area contributed by atoms with Crippen molar-refractivity contribution in [1.29, 1.82) is 0 Å². The van der Waals surface area contributed by atoms with E-state index in [2.05, 4.69) is 240 Å². The summed E-state index contributed by atoms with van der Waals surface area (Å²) in [5, 5.41) is 0. The van der Waals surface area contributed by atoms with E-state index in [4.69, 9.17) is 0 Å². The number of rotatable bonds is 8. The van der Waals surface area contributed by atoms with E-state index in [0.717, 1.165) is 12.8 Å². The first-order valence-corrected chi connectivity index (χ1v) is 23.1. The van der Waals surface area contributed by atoms with Gasteiger partial charge in [-0.05, 0) is 154 Å². The van der Waals surface area contributed by atoms with E-state index >= 15 is 0 Å². The zero-order chi connectivity index (χ0) is 42.2. The van der Waals surface area contributed by atoms with Crippen molar-refractivity contribution >= 4 is 34.1 Å². The van der Waals surface area contributed by atoms with Crippen LogP contribution in [0.1, 0.15) is 57.3 Å². The van der Waals surface area contributed by atoms with Crippen molar-refractivity contribution in [1.82, 2.24) is 0 Å². The van der Waals surface area contributed by atoms with Crippen molar-refractivity contribution in [2.45, 2.75) is 36.5 Å². The topological polar surface area (TPSA) is 6.48 Å². The Kier molecular flexibility index (Phi) is 8.46. The van der Waals surface area contributed by atoms with Crippen LogP contribution in [-0.4, -0.2) is 0 Å². The maximum Gasteiger partial charge on any atom is 0.0714 e. The molecule has 0 aromatic heterocycles.